The Morgan fingerprint density at radius 2 is 0.759 bits per heavy atom. The number of phenols is 1. The topological polar surface area (TPSA) is 452 Å². The molecule has 13 N–H and O–H groups in total. The van der Waals surface area contributed by atoms with Crippen molar-refractivity contribution in [1.29, 1.82) is 0 Å². The van der Waals surface area contributed by atoms with Gasteiger partial charge in [0, 0.05) is 116 Å². The zero-order valence-electron chi connectivity index (χ0n) is 77.7. The van der Waals surface area contributed by atoms with Gasteiger partial charge in [-0.25, -0.2) is 53.8 Å². The molecule has 704 valence electrons. The Morgan fingerprint density at radius 3 is 1.21 bits per heavy atom. The molecule has 11 aromatic carbocycles. The number of halogens is 3. The van der Waals surface area contributed by atoms with Crippen LogP contribution >= 0.6 is 34.8 Å². The number of aromatic nitrogens is 12. The van der Waals surface area contributed by atoms with Crippen molar-refractivity contribution in [3.63, 3.8) is 0 Å². The molecule has 17 rings (SSSR count). The van der Waals surface area contributed by atoms with Crippen LogP contribution in [-0.2, 0) is 19.6 Å². The minimum Gasteiger partial charge on any atom is -0.507 e. The normalized spacial score (nSPS) is 11.0. The maximum atomic E-state index is 13.2. The highest BCUT2D eigenvalue weighted by molar-refractivity contribution is 6.31. The van der Waals surface area contributed by atoms with E-state index in [9.17, 15) is 24.3 Å². The van der Waals surface area contributed by atoms with Crippen LogP contribution in [0.5, 0.6) is 52.3 Å². The lowest BCUT2D eigenvalue weighted by Crippen LogP contribution is -2.27. The minimum absolute atomic E-state index is 0.119. The van der Waals surface area contributed by atoms with Crippen LogP contribution in [-0.4, -0.2) is 106 Å². The molecule has 5 amide bonds. The number of primary amides is 1. The Kier molecular flexibility index (Phi) is 33.9. The van der Waals surface area contributed by atoms with Gasteiger partial charge in [-0.05, 0) is 195 Å². The molecule has 0 unspecified atom stereocenters. The number of hydrogen-bond acceptors (Lipinski definition) is 26. The fourth-order valence-electron chi connectivity index (χ4n) is 12.8. The predicted octanol–water partition coefficient (Wildman–Crippen LogP) is 25.0. The first-order chi connectivity index (χ1) is 65.0. The van der Waals surface area contributed by atoms with Crippen LogP contribution in [0.1, 0.15) is 105 Å². The molecule has 0 fully saturated rings. The van der Waals surface area contributed by atoms with Gasteiger partial charge in [0.1, 0.15) is 56.5 Å². The van der Waals surface area contributed by atoms with E-state index < -0.39 is 35.1 Å². The summed E-state index contributed by atoms with van der Waals surface area (Å²) in [6.07, 6.45) is 5.82. The summed E-state index contributed by atoms with van der Waals surface area (Å²) in [5.74, 6) is 5.40. The fourth-order valence-corrected chi connectivity index (χ4v) is 13.3. The number of nitrogens with one attached hydrogen (secondary N) is 4. The number of nitrogens with two attached hydrogens (primary N) is 4. The number of aryl methyl sites for hydroxylation is 3. The molecule has 0 aliphatic carbocycles. The van der Waals surface area contributed by atoms with Gasteiger partial charge in [-0.3, -0.25) is 16.0 Å². The minimum atomic E-state index is -0.725. The van der Waals surface area contributed by atoms with E-state index >= 15 is 0 Å². The van der Waals surface area contributed by atoms with Crippen LogP contribution in [0, 0.1) is 20.8 Å². The Morgan fingerprint density at radius 1 is 0.372 bits per heavy atom. The molecule has 32 nitrogen and oxygen atoms in total. The number of urea groups is 1. The Balaban J connectivity index is 0.000000161. The lowest BCUT2D eigenvalue weighted by atomic mass is 9.92. The van der Waals surface area contributed by atoms with Crippen molar-refractivity contribution in [2.24, 2.45) is 5.73 Å². The molecule has 6 heterocycles. The van der Waals surface area contributed by atoms with Crippen LogP contribution in [0.25, 0.3) is 59.5 Å². The van der Waals surface area contributed by atoms with E-state index in [4.69, 9.17) is 91.3 Å². The zero-order chi connectivity index (χ0) is 98.9. The third-order valence-corrected chi connectivity index (χ3v) is 19.4. The first kappa shape index (κ1) is 101. The number of nitrogen functional groups attached to an aromatic ring is 3. The second kappa shape index (κ2) is 45.9. The van der Waals surface area contributed by atoms with Gasteiger partial charge in [0.05, 0.1) is 22.8 Å². The second-order valence-electron chi connectivity index (χ2n) is 34.1. The second-order valence-corrected chi connectivity index (χ2v) is 35.2. The van der Waals surface area contributed by atoms with E-state index in [1.807, 2.05) is 204 Å². The Hall–Kier alpha value is -16.3. The molecule has 17 aromatic rings. The molecule has 0 saturated heterocycles. The van der Waals surface area contributed by atoms with Crippen molar-refractivity contribution >= 4 is 154 Å². The number of phenolic OH excluding ortho intramolecular Hbond substituents is 1. The molecule has 0 radical (unpaired) electrons. The number of benzene rings is 11. The number of carbonyl (C=O) groups excluding carboxylic acids is 4. The van der Waals surface area contributed by atoms with Gasteiger partial charge in [0.25, 0.3) is 0 Å². The van der Waals surface area contributed by atoms with E-state index in [-0.39, 0.29) is 45.6 Å². The molecule has 0 aliphatic heterocycles. The maximum absolute atomic E-state index is 13.2. The fraction of sp³-hybridized carbons (Fsp3) is 0.186. The van der Waals surface area contributed by atoms with Gasteiger partial charge in [-0.1, -0.05) is 184 Å². The molecule has 0 bridgehead atoms. The average Bonchev–Trinajstić information content (AvgIpc) is 1.29. The molecular weight excluding hydrogens is 1800 g/mol. The van der Waals surface area contributed by atoms with Crippen molar-refractivity contribution in [3.8, 4) is 58.0 Å². The number of amides is 5. The third kappa shape index (κ3) is 30.6. The molecule has 137 heavy (non-hydrogen) atoms. The van der Waals surface area contributed by atoms with E-state index in [1.54, 1.807) is 119 Å². The van der Waals surface area contributed by atoms with Crippen molar-refractivity contribution in [3.05, 3.63) is 312 Å². The molecular formula is C102H103Cl3N20O12. The summed E-state index contributed by atoms with van der Waals surface area (Å²) in [7, 11) is 0. The predicted molar refractivity (Wildman–Crippen MR) is 539 cm³/mol. The van der Waals surface area contributed by atoms with Crippen LogP contribution < -0.4 is 63.1 Å². The number of rotatable bonds is 13. The van der Waals surface area contributed by atoms with Gasteiger partial charge in [0.2, 0.25) is 51.9 Å². The number of aromatic hydroxyl groups is 1. The summed E-state index contributed by atoms with van der Waals surface area (Å²) in [5.41, 5.74) is 27.3. The summed E-state index contributed by atoms with van der Waals surface area (Å²) >= 11 is 16.5. The highest BCUT2D eigenvalue weighted by atomic mass is 35.5. The lowest BCUT2D eigenvalue weighted by molar-refractivity contribution is 0.0594. The maximum Gasteiger partial charge on any atom is 0.414 e. The number of nitrogens with zero attached hydrogens (tertiary/aromatic N) is 12. The average molecular weight is 1910 g/mol. The van der Waals surface area contributed by atoms with Crippen molar-refractivity contribution in [2.75, 3.05) is 38.5 Å². The Bertz CT molecular complexity index is 6970. The summed E-state index contributed by atoms with van der Waals surface area (Å²) in [4.78, 5) is 86.0. The van der Waals surface area contributed by atoms with Crippen LogP contribution in [0.2, 0.25) is 15.7 Å². The van der Waals surface area contributed by atoms with E-state index in [0.717, 1.165) is 65.8 Å². The summed E-state index contributed by atoms with van der Waals surface area (Å²) in [5, 5.41) is 35.7. The van der Waals surface area contributed by atoms with Gasteiger partial charge in [0.15, 0.2) is 0 Å². The van der Waals surface area contributed by atoms with Crippen molar-refractivity contribution in [2.45, 2.75) is 126 Å². The summed E-state index contributed by atoms with van der Waals surface area (Å²) < 4.78 is 40.2. The third-order valence-electron chi connectivity index (χ3n) is 18.8. The van der Waals surface area contributed by atoms with Gasteiger partial charge in [-0.15, -0.1) is 0 Å². The molecule has 6 aromatic heterocycles. The number of fused-ring (bicyclic) bond motifs is 5. The van der Waals surface area contributed by atoms with Crippen LogP contribution in [0.4, 0.5) is 59.9 Å². The number of carbonyl (C=O) groups is 4. The van der Waals surface area contributed by atoms with Crippen molar-refractivity contribution < 1.29 is 57.4 Å². The highest BCUT2D eigenvalue weighted by Gasteiger charge is 2.25. The van der Waals surface area contributed by atoms with Crippen molar-refractivity contribution in [1.82, 2.24) is 59.6 Å². The Labute approximate surface area is 805 Å². The number of anilines is 7. The van der Waals surface area contributed by atoms with Gasteiger partial charge < -0.3 is 66.5 Å². The van der Waals surface area contributed by atoms with E-state index in [1.165, 1.54) is 35.1 Å². The number of ether oxygens (including phenoxy) is 7. The quantitative estimate of drug-likeness (QED) is 0.0170. The molecule has 35 heteroatoms. The molecule has 0 spiro atoms. The van der Waals surface area contributed by atoms with E-state index in [0.29, 0.717) is 74.2 Å². The van der Waals surface area contributed by atoms with Crippen LogP contribution in [0.15, 0.2) is 274 Å². The highest BCUT2D eigenvalue weighted by Crippen LogP contribution is 2.39. The van der Waals surface area contributed by atoms with Crippen LogP contribution in [0.3, 0.4) is 0 Å². The lowest BCUT2D eigenvalue weighted by Gasteiger charge is -2.20. The standard InChI is InChI=1S/C29H29N7O2.C20H21N3O3.C15H11ClN2O.C15H17NO3.C14H12N4O.C5H11NO2.C4H2Cl2N2/c1-18-9-11-19(12-10-18)36-25(17-24(35-36)29(2,3)4)33-28(37)32-22-13-14-23(21-8-6-5-7-20(21)22)38-26-15-16-31-27(30)34-26;1-13-9-10-16(15-8-6-5-7-14(13)15)25-17-11-12-21-18(22-17)23-19(24)26-20(2,3)4;1-10-6-7-13(12-5-3-2-4-11(10)12)19-14-8-9-17-15(16)18-14;1-15(2,3)19-14(18)16-12-8-9-13(17)11-7-5-4-6-10(11)12;15-11-5-6-12(10-4-2-1-3-9(10)11)19-13-7-8-17-14(16)18-13;1-5(2,3)8-4(6)7;5-3-1-2-7-4(6)8-3/h5-17H,1-4H3,(H2,30,31,34)(H2,32,33,37);5-12H,1-4H3,(H,21,22,23,24);2-9H,1H3;4-9,17H,1-3H3,(H,16,18);1-8H,15H2,(H2,16,17,18);1-3H3,(H2,6,7);1-2H. The van der Waals surface area contributed by atoms with Gasteiger partial charge >= 0.3 is 24.3 Å². The first-order valence-corrected chi connectivity index (χ1v) is 43.7. The monoisotopic (exact) mass is 1900 g/mol. The number of hydrogen-bond donors (Lipinski definition) is 9. The molecule has 0 saturated carbocycles. The first-order valence-electron chi connectivity index (χ1n) is 42.6. The smallest absolute Gasteiger partial charge is 0.414 e. The largest absolute Gasteiger partial charge is 0.507 e. The van der Waals surface area contributed by atoms with Gasteiger partial charge in [-0.2, -0.15) is 25.0 Å². The molecule has 0 atom stereocenters. The summed E-state index contributed by atoms with van der Waals surface area (Å²) in [6, 6.07) is 74.8. The SMILES string of the molecule is CC(C)(C)OC(=O)Nc1ccc(O)c2ccccc12.CC(C)(C)OC(N)=O.Cc1ccc(-n2nc(C(C)(C)C)cc2NC(=O)Nc2ccc(Oc3ccnc(N)n3)c3ccccc23)cc1.Cc1ccc(Oc2ccnc(Cl)n2)c2ccccc12.Cc1ccc(Oc2ccnc(NC(=O)OC(C)(C)C)n2)c2ccccc12.Clc1ccnc(Cl)n1.Nc1nccc(Oc2ccc(N)c3ccccc23)n1. The summed E-state index contributed by atoms with van der Waals surface area (Å²) in [6.45, 7) is 28.5. The molecule has 0 aliphatic rings. The van der Waals surface area contributed by atoms with E-state index in [2.05, 4.69) is 117 Å². The zero-order valence-corrected chi connectivity index (χ0v) is 80.0.